The van der Waals surface area contributed by atoms with E-state index in [0.29, 0.717) is 6.07 Å². The molecule has 0 amide bonds. The monoisotopic (exact) mass is 382 g/mol. The number of aryl methyl sites for hydroxylation is 1. The van der Waals surface area contributed by atoms with E-state index >= 15 is 8.78 Å². The fourth-order valence-electron chi connectivity index (χ4n) is 2.71. The Labute approximate surface area is 153 Å². The van der Waals surface area contributed by atoms with E-state index in [1.54, 1.807) is 6.92 Å². The summed E-state index contributed by atoms with van der Waals surface area (Å²) >= 11 is 0. The predicted molar refractivity (Wildman–Crippen MR) is 91.5 cm³/mol. The van der Waals surface area contributed by atoms with Gasteiger partial charge in [-0.05, 0) is 32.4 Å². The van der Waals surface area contributed by atoms with Crippen molar-refractivity contribution in [3.63, 3.8) is 0 Å². The van der Waals surface area contributed by atoms with Crippen molar-refractivity contribution in [1.82, 2.24) is 9.97 Å². The Morgan fingerprint density at radius 1 is 1.11 bits per heavy atom. The molecule has 1 atom stereocenters. The summed E-state index contributed by atoms with van der Waals surface area (Å²) in [7, 11) is 0. The molecule has 9 heteroatoms. The van der Waals surface area contributed by atoms with Crippen molar-refractivity contribution >= 4 is 5.84 Å². The third-order valence-electron chi connectivity index (χ3n) is 4.42. The van der Waals surface area contributed by atoms with Crippen LogP contribution < -0.4 is 5.73 Å². The molecule has 2 aromatic rings. The average molecular weight is 382 g/mol. The van der Waals surface area contributed by atoms with Gasteiger partial charge in [-0.2, -0.15) is 0 Å². The number of aliphatic imine (C=N–C) groups is 1. The summed E-state index contributed by atoms with van der Waals surface area (Å²) in [5.74, 6) is -6.00. The van der Waals surface area contributed by atoms with Crippen LogP contribution in [0.3, 0.4) is 0 Å². The van der Waals surface area contributed by atoms with E-state index in [0.717, 1.165) is 11.6 Å². The van der Waals surface area contributed by atoms with Crippen molar-refractivity contribution in [1.29, 1.82) is 0 Å². The number of nitrogens with two attached hydrogens (primary N) is 1. The van der Waals surface area contributed by atoms with E-state index in [-0.39, 0.29) is 23.8 Å². The predicted octanol–water partition coefficient (Wildman–Crippen LogP) is 3.57. The third kappa shape index (κ3) is 3.39. The first kappa shape index (κ1) is 19.2. The molecule has 0 radical (unpaired) electrons. The molecule has 1 aromatic carbocycles. The molecule has 1 aliphatic rings. The summed E-state index contributed by atoms with van der Waals surface area (Å²) in [5, 5.41) is 0. The molecule has 0 aliphatic carbocycles. The molecule has 2 heterocycles. The van der Waals surface area contributed by atoms with Crippen LogP contribution in [-0.4, -0.2) is 33.9 Å². The molecule has 0 bridgehead atoms. The second kappa shape index (κ2) is 6.56. The van der Waals surface area contributed by atoms with Gasteiger partial charge in [0.25, 0.3) is 0 Å². The van der Waals surface area contributed by atoms with Crippen molar-refractivity contribution in [2.45, 2.75) is 38.3 Å². The van der Waals surface area contributed by atoms with Gasteiger partial charge in [-0.1, -0.05) is 0 Å². The lowest BCUT2D eigenvalue weighted by Crippen LogP contribution is -2.48. The van der Waals surface area contributed by atoms with Crippen molar-refractivity contribution in [3.8, 4) is 11.4 Å². The molecule has 1 aromatic heterocycles. The molecule has 0 saturated heterocycles. The number of alkyl halides is 2. The number of halogens is 4. The van der Waals surface area contributed by atoms with Crippen LogP contribution in [0, 0.1) is 18.6 Å². The second-order valence-corrected chi connectivity index (χ2v) is 6.88. The fraction of sp³-hybridized carbons (Fsp3) is 0.389. The van der Waals surface area contributed by atoms with Crippen LogP contribution in [0.5, 0.6) is 0 Å². The number of nitrogens with zero attached hydrogens (tertiary/aromatic N) is 3. The Bertz CT molecular complexity index is 897. The fourth-order valence-corrected chi connectivity index (χ4v) is 2.71. The molecule has 1 aliphatic heterocycles. The Morgan fingerprint density at radius 2 is 1.74 bits per heavy atom. The molecular weight excluding hydrogens is 364 g/mol. The van der Waals surface area contributed by atoms with E-state index in [2.05, 4.69) is 15.0 Å². The molecule has 0 spiro atoms. The lowest BCUT2D eigenvalue weighted by Gasteiger charge is -2.35. The molecule has 27 heavy (non-hydrogen) atoms. The molecular formula is C18H18F4N4O. The smallest absolute Gasteiger partial charge is 0.301 e. The topological polar surface area (TPSA) is 73.4 Å². The normalized spacial score (nSPS) is 21.4. The number of rotatable bonds is 2. The van der Waals surface area contributed by atoms with Gasteiger partial charge in [-0.3, -0.25) is 4.99 Å². The van der Waals surface area contributed by atoms with Crippen molar-refractivity contribution < 1.29 is 22.3 Å². The van der Waals surface area contributed by atoms with Gasteiger partial charge in [0.2, 0.25) is 0 Å². The highest BCUT2D eigenvalue weighted by molar-refractivity contribution is 5.82. The summed E-state index contributed by atoms with van der Waals surface area (Å²) in [5.41, 5.74) is 3.66. The average Bonchev–Trinajstić information content (AvgIpc) is 2.66. The first-order chi connectivity index (χ1) is 12.5. The highest BCUT2D eigenvalue weighted by Crippen LogP contribution is 2.46. The van der Waals surface area contributed by atoms with E-state index in [1.807, 2.05) is 0 Å². The van der Waals surface area contributed by atoms with Crippen LogP contribution in [0.2, 0.25) is 0 Å². The van der Waals surface area contributed by atoms with E-state index < -0.39 is 34.8 Å². The van der Waals surface area contributed by atoms with Gasteiger partial charge in [0.15, 0.2) is 5.82 Å². The lowest BCUT2D eigenvalue weighted by atomic mass is 9.88. The minimum Gasteiger partial charge on any atom is -0.386 e. The Hall–Kier alpha value is -2.55. The Morgan fingerprint density at radius 3 is 2.37 bits per heavy atom. The van der Waals surface area contributed by atoms with Crippen LogP contribution in [0.1, 0.15) is 31.0 Å². The molecule has 144 valence electrons. The van der Waals surface area contributed by atoms with E-state index in [1.165, 1.54) is 26.2 Å². The number of hydrogen-bond acceptors (Lipinski definition) is 5. The maximum Gasteiger partial charge on any atom is 0.301 e. The maximum atomic E-state index is 15.1. The number of ether oxygens (including phenoxy) is 1. The van der Waals surface area contributed by atoms with Crippen LogP contribution in [-0.2, 0) is 4.74 Å². The zero-order valence-corrected chi connectivity index (χ0v) is 14.9. The van der Waals surface area contributed by atoms with Crippen LogP contribution in [0.4, 0.5) is 17.6 Å². The minimum absolute atomic E-state index is 0.0521. The number of aromatic nitrogens is 2. The molecule has 1 unspecified atom stereocenters. The summed E-state index contributed by atoms with van der Waals surface area (Å²) < 4.78 is 64.0. The molecule has 3 rings (SSSR count). The molecule has 0 saturated carbocycles. The van der Waals surface area contributed by atoms with Gasteiger partial charge in [0.1, 0.15) is 35.7 Å². The SMILES string of the molecule is Cc1cnc(-c2cc(C3N=C(N)COC(C)(C)C3(F)F)c(F)cc2F)nc1. The van der Waals surface area contributed by atoms with Crippen LogP contribution in [0.15, 0.2) is 29.5 Å². The van der Waals surface area contributed by atoms with Crippen LogP contribution >= 0.6 is 0 Å². The first-order valence-electron chi connectivity index (χ1n) is 8.15. The lowest BCUT2D eigenvalue weighted by molar-refractivity contribution is -0.191. The Kier molecular flexibility index (Phi) is 4.67. The summed E-state index contributed by atoms with van der Waals surface area (Å²) in [6.45, 7) is 3.75. The summed E-state index contributed by atoms with van der Waals surface area (Å²) in [4.78, 5) is 11.7. The molecule has 2 N–H and O–H groups in total. The molecule has 0 fully saturated rings. The van der Waals surface area contributed by atoms with Gasteiger partial charge < -0.3 is 10.5 Å². The van der Waals surface area contributed by atoms with Crippen LogP contribution in [0.25, 0.3) is 11.4 Å². The second-order valence-electron chi connectivity index (χ2n) is 6.88. The van der Waals surface area contributed by atoms with Gasteiger partial charge in [-0.25, -0.2) is 27.5 Å². The van der Waals surface area contributed by atoms with Gasteiger partial charge in [0.05, 0.1) is 5.56 Å². The number of hydrogen-bond donors (Lipinski definition) is 1. The van der Waals surface area contributed by atoms with E-state index in [4.69, 9.17) is 10.5 Å². The minimum atomic E-state index is -3.61. The van der Waals surface area contributed by atoms with Gasteiger partial charge >= 0.3 is 5.92 Å². The van der Waals surface area contributed by atoms with Crippen molar-refractivity contribution in [2.24, 2.45) is 10.7 Å². The largest absolute Gasteiger partial charge is 0.386 e. The van der Waals surface area contributed by atoms with E-state index in [9.17, 15) is 8.78 Å². The maximum absolute atomic E-state index is 15.1. The standard InChI is InChI=1S/C18H18F4N4O/c1-9-6-24-16(25-7-9)11-4-10(12(19)5-13(11)20)15-18(21,22)17(2,3)27-8-14(23)26-15/h4-7,15H,8H2,1-3H3,(H2,23,26). The van der Waals surface area contributed by atoms with Gasteiger partial charge in [0, 0.05) is 24.0 Å². The summed E-state index contributed by atoms with van der Waals surface area (Å²) in [6, 6.07) is -0.514. The number of amidine groups is 1. The highest BCUT2D eigenvalue weighted by atomic mass is 19.3. The third-order valence-corrected chi connectivity index (χ3v) is 4.42. The van der Waals surface area contributed by atoms with Gasteiger partial charge in [-0.15, -0.1) is 0 Å². The zero-order valence-electron chi connectivity index (χ0n) is 14.9. The zero-order chi connectivity index (χ0) is 20.0. The quantitative estimate of drug-likeness (QED) is 0.806. The molecule has 5 nitrogen and oxygen atoms in total. The Balaban J connectivity index is 2.19. The first-order valence-corrected chi connectivity index (χ1v) is 8.15. The number of benzene rings is 1. The highest BCUT2D eigenvalue weighted by Gasteiger charge is 2.56. The van der Waals surface area contributed by atoms with Crippen molar-refractivity contribution in [2.75, 3.05) is 6.61 Å². The van der Waals surface area contributed by atoms with Crippen molar-refractivity contribution in [3.05, 3.63) is 47.3 Å². The summed E-state index contributed by atoms with van der Waals surface area (Å²) in [6.07, 6.45) is 2.89.